The van der Waals surface area contributed by atoms with Crippen LogP contribution < -0.4 is 19.5 Å². The van der Waals surface area contributed by atoms with E-state index in [0.29, 0.717) is 6.79 Å². The third-order valence-corrected chi connectivity index (χ3v) is 4.06. The van der Waals surface area contributed by atoms with Crippen LogP contribution in [0.25, 0.3) is 0 Å². The monoisotopic (exact) mass is 349 g/mol. The lowest BCUT2D eigenvalue weighted by Gasteiger charge is -2.09. The van der Waals surface area contributed by atoms with Crippen molar-refractivity contribution >= 4 is 15.9 Å². The third-order valence-electron chi connectivity index (χ3n) is 3.32. The lowest BCUT2D eigenvalue weighted by molar-refractivity contribution is 0.174. The summed E-state index contributed by atoms with van der Waals surface area (Å²) in [4.78, 5) is 0. The number of ether oxygens (including phenoxy) is 3. The maximum absolute atomic E-state index is 5.40. The highest BCUT2D eigenvalue weighted by Gasteiger charge is 2.15. The first-order valence-corrected chi connectivity index (χ1v) is 7.47. The second-order valence-corrected chi connectivity index (χ2v) is 5.61. The SMILES string of the molecule is COc1cccc(CNCc2cc3c(cc2Br)OCO3)c1. The van der Waals surface area contributed by atoms with Gasteiger partial charge in [0, 0.05) is 17.6 Å². The highest BCUT2D eigenvalue weighted by Crippen LogP contribution is 2.36. The van der Waals surface area contributed by atoms with E-state index in [9.17, 15) is 0 Å². The summed E-state index contributed by atoms with van der Waals surface area (Å²) < 4.78 is 17.0. The molecule has 1 N–H and O–H groups in total. The third kappa shape index (κ3) is 3.31. The molecule has 0 unspecified atom stereocenters. The van der Waals surface area contributed by atoms with Crippen LogP contribution >= 0.6 is 15.9 Å². The molecule has 0 fully saturated rings. The lowest BCUT2D eigenvalue weighted by Crippen LogP contribution is -2.13. The fourth-order valence-electron chi connectivity index (χ4n) is 2.22. The highest BCUT2D eigenvalue weighted by atomic mass is 79.9. The Kier molecular flexibility index (Phi) is 4.31. The van der Waals surface area contributed by atoms with Crippen molar-refractivity contribution in [1.82, 2.24) is 5.32 Å². The van der Waals surface area contributed by atoms with Crippen molar-refractivity contribution in [2.24, 2.45) is 0 Å². The molecule has 4 nitrogen and oxygen atoms in total. The van der Waals surface area contributed by atoms with Crippen molar-refractivity contribution < 1.29 is 14.2 Å². The number of rotatable bonds is 5. The van der Waals surface area contributed by atoms with Crippen molar-refractivity contribution in [3.63, 3.8) is 0 Å². The van der Waals surface area contributed by atoms with Crippen LogP contribution in [-0.4, -0.2) is 13.9 Å². The van der Waals surface area contributed by atoms with E-state index < -0.39 is 0 Å². The van der Waals surface area contributed by atoms with Gasteiger partial charge in [-0.1, -0.05) is 28.1 Å². The predicted octanol–water partition coefficient (Wildman–Crippen LogP) is 3.48. The molecule has 0 amide bonds. The topological polar surface area (TPSA) is 39.7 Å². The van der Waals surface area contributed by atoms with Gasteiger partial charge in [-0.2, -0.15) is 0 Å². The maximum Gasteiger partial charge on any atom is 0.231 e. The van der Waals surface area contributed by atoms with Gasteiger partial charge in [0.15, 0.2) is 11.5 Å². The number of benzene rings is 2. The van der Waals surface area contributed by atoms with Gasteiger partial charge in [-0.05, 0) is 35.4 Å². The summed E-state index contributed by atoms with van der Waals surface area (Å²) in [6, 6.07) is 12.0. The molecule has 0 saturated carbocycles. The van der Waals surface area contributed by atoms with Crippen LogP contribution in [0.15, 0.2) is 40.9 Å². The molecule has 0 saturated heterocycles. The summed E-state index contributed by atoms with van der Waals surface area (Å²) in [5, 5.41) is 3.42. The molecular formula is C16H16BrNO3. The van der Waals surface area contributed by atoms with Crippen LogP contribution in [-0.2, 0) is 13.1 Å². The Hall–Kier alpha value is -1.72. The summed E-state index contributed by atoms with van der Waals surface area (Å²) in [5.41, 5.74) is 2.33. The maximum atomic E-state index is 5.40. The number of halogens is 1. The summed E-state index contributed by atoms with van der Waals surface area (Å²) >= 11 is 3.56. The average molecular weight is 350 g/mol. The second kappa shape index (κ2) is 6.37. The first-order chi connectivity index (χ1) is 10.3. The van der Waals surface area contributed by atoms with E-state index in [-0.39, 0.29) is 0 Å². The second-order valence-electron chi connectivity index (χ2n) is 4.75. The molecule has 0 spiro atoms. The summed E-state index contributed by atoms with van der Waals surface area (Å²) in [5.74, 6) is 2.47. The minimum Gasteiger partial charge on any atom is -0.497 e. The van der Waals surface area contributed by atoms with Gasteiger partial charge >= 0.3 is 0 Å². The summed E-state index contributed by atoms with van der Waals surface area (Å²) in [6.07, 6.45) is 0. The molecule has 0 atom stereocenters. The zero-order valence-corrected chi connectivity index (χ0v) is 13.3. The molecule has 0 aliphatic carbocycles. The van der Waals surface area contributed by atoms with Gasteiger partial charge in [0.2, 0.25) is 6.79 Å². The first-order valence-electron chi connectivity index (χ1n) is 6.68. The standard InChI is InChI=1S/C16H16BrNO3/c1-19-13-4-2-3-11(5-13)8-18-9-12-6-15-16(7-14(12)17)21-10-20-15/h2-7,18H,8-10H2,1H3. The van der Waals surface area contributed by atoms with Gasteiger partial charge in [0.25, 0.3) is 0 Å². The van der Waals surface area contributed by atoms with Gasteiger partial charge < -0.3 is 19.5 Å². The van der Waals surface area contributed by atoms with E-state index in [2.05, 4.69) is 27.3 Å². The smallest absolute Gasteiger partial charge is 0.231 e. The van der Waals surface area contributed by atoms with Crippen LogP contribution in [0.2, 0.25) is 0 Å². The highest BCUT2D eigenvalue weighted by molar-refractivity contribution is 9.10. The molecule has 21 heavy (non-hydrogen) atoms. The lowest BCUT2D eigenvalue weighted by atomic mass is 10.2. The predicted molar refractivity (Wildman–Crippen MR) is 83.8 cm³/mol. The number of nitrogens with one attached hydrogen (secondary N) is 1. The molecule has 1 aliphatic rings. The molecular weight excluding hydrogens is 334 g/mol. The zero-order chi connectivity index (χ0) is 14.7. The Morgan fingerprint density at radius 1 is 1.14 bits per heavy atom. The minimum atomic E-state index is 0.294. The molecule has 1 aliphatic heterocycles. The number of hydrogen-bond acceptors (Lipinski definition) is 4. The van der Waals surface area contributed by atoms with Gasteiger partial charge in [0.05, 0.1) is 7.11 Å². The fourth-order valence-corrected chi connectivity index (χ4v) is 2.68. The van der Waals surface area contributed by atoms with Crippen LogP contribution in [0.4, 0.5) is 0 Å². The molecule has 5 heteroatoms. The largest absolute Gasteiger partial charge is 0.497 e. The van der Waals surface area contributed by atoms with E-state index in [1.54, 1.807) is 7.11 Å². The van der Waals surface area contributed by atoms with Gasteiger partial charge in [-0.25, -0.2) is 0 Å². The quantitative estimate of drug-likeness (QED) is 0.896. The van der Waals surface area contributed by atoms with E-state index >= 15 is 0 Å². The van der Waals surface area contributed by atoms with Crippen LogP contribution in [0, 0.1) is 0 Å². The molecule has 110 valence electrons. The number of methoxy groups -OCH3 is 1. The van der Waals surface area contributed by atoms with Crippen LogP contribution in [0.1, 0.15) is 11.1 Å². The van der Waals surface area contributed by atoms with Crippen molar-refractivity contribution in [2.75, 3.05) is 13.9 Å². The Morgan fingerprint density at radius 3 is 2.76 bits per heavy atom. The van der Waals surface area contributed by atoms with Gasteiger partial charge in [-0.3, -0.25) is 0 Å². The Labute approximate surface area is 132 Å². The first kappa shape index (κ1) is 14.2. The molecule has 2 aromatic carbocycles. The van der Waals surface area contributed by atoms with E-state index in [4.69, 9.17) is 14.2 Å². The van der Waals surface area contributed by atoms with Crippen LogP contribution in [0.5, 0.6) is 17.2 Å². The molecule has 2 aromatic rings. The Balaban J connectivity index is 1.62. The molecule has 1 heterocycles. The number of fused-ring (bicyclic) bond motifs is 1. The minimum absolute atomic E-state index is 0.294. The van der Waals surface area contributed by atoms with Crippen molar-refractivity contribution in [3.8, 4) is 17.2 Å². The normalized spacial score (nSPS) is 12.5. The van der Waals surface area contributed by atoms with Crippen molar-refractivity contribution in [3.05, 3.63) is 52.0 Å². The Bertz CT molecular complexity index is 645. The van der Waals surface area contributed by atoms with E-state index in [1.165, 1.54) is 5.56 Å². The summed E-state index contributed by atoms with van der Waals surface area (Å²) in [7, 11) is 1.68. The molecule has 3 rings (SSSR count). The van der Waals surface area contributed by atoms with Crippen molar-refractivity contribution in [1.29, 1.82) is 0 Å². The zero-order valence-electron chi connectivity index (χ0n) is 11.7. The van der Waals surface area contributed by atoms with Gasteiger partial charge in [-0.15, -0.1) is 0 Å². The van der Waals surface area contributed by atoms with Gasteiger partial charge in [0.1, 0.15) is 5.75 Å². The van der Waals surface area contributed by atoms with E-state index in [1.807, 2.05) is 30.3 Å². The average Bonchev–Trinajstić information content (AvgIpc) is 2.94. The Morgan fingerprint density at radius 2 is 1.95 bits per heavy atom. The number of hydrogen-bond donors (Lipinski definition) is 1. The molecule has 0 aromatic heterocycles. The van der Waals surface area contributed by atoms with Crippen molar-refractivity contribution in [2.45, 2.75) is 13.1 Å². The van der Waals surface area contributed by atoms with E-state index in [0.717, 1.165) is 40.4 Å². The van der Waals surface area contributed by atoms with Crippen LogP contribution in [0.3, 0.4) is 0 Å². The fraction of sp³-hybridized carbons (Fsp3) is 0.250. The molecule has 0 bridgehead atoms. The molecule has 0 radical (unpaired) electrons. The summed E-state index contributed by atoms with van der Waals surface area (Å²) in [6.45, 7) is 1.81.